The molecule has 1 amide bonds. The molecule has 7 heteroatoms. The number of carbonyl (C=O) groups excluding carboxylic acids is 1. The zero-order chi connectivity index (χ0) is 24.3. The lowest BCUT2D eigenvalue weighted by molar-refractivity contribution is -0.136. The van der Waals surface area contributed by atoms with Crippen LogP contribution in [0.4, 0.5) is 5.69 Å². The maximum Gasteiger partial charge on any atom is 0.233 e. The molecule has 3 nitrogen and oxygen atoms in total. The van der Waals surface area contributed by atoms with Gasteiger partial charge in [0.05, 0.1) is 22.2 Å². The second-order valence-electron chi connectivity index (χ2n) is 8.83. The number of carbonyl (C=O) groups is 1. The summed E-state index contributed by atoms with van der Waals surface area (Å²) < 4.78 is 0. The number of hydrogen-bond donors (Lipinski definition) is 0. The molecular formula is C27H28Cl4N2O. The summed E-state index contributed by atoms with van der Waals surface area (Å²) in [6.07, 6.45) is 8.66. The predicted octanol–water partition coefficient (Wildman–Crippen LogP) is 7.95. The molecule has 4 rings (SSSR count). The number of nitrogens with zero attached hydrogens (tertiary/aromatic N) is 2. The topological polar surface area (TPSA) is 23.6 Å². The van der Waals surface area contributed by atoms with E-state index in [1.807, 2.05) is 54.3 Å². The Balaban J connectivity index is 1.62. The van der Waals surface area contributed by atoms with E-state index in [0.717, 1.165) is 30.5 Å². The Bertz CT molecular complexity index is 1090. The third-order valence-electron chi connectivity index (χ3n) is 6.86. The summed E-state index contributed by atoms with van der Waals surface area (Å²) in [6, 6.07) is 13.4. The Labute approximate surface area is 221 Å². The normalized spacial score (nSPS) is 20.1. The molecule has 0 N–H and O–H groups in total. The Hall–Kier alpha value is -1.65. The van der Waals surface area contributed by atoms with Gasteiger partial charge in [0.1, 0.15) is 0 Å². The maximum atomic E-state index is 13.9. The number of hydrogen-bond acceptors (Lipinski definition) is 2. The molecule has 1 saturated heterocycles. The van der Waals surface area contributed by atoms with Crippen molar-refractivity contribution in [3.63, 3.8) is 0 Å². The summed E-state index contributed by atoms with van der Waals surface area (Å²) in [5.41, 5.74) is 2.81. The summed E-state index contributed by atoms with van der Waals surface area (Å²) in [6.45, 7) is 3.91. The van der Waals surface area contributed by atoms with E-state index in [-0.39, 0.29) is 17.4 Å². The average molecular weight is 538 g/mol. The number of amides is 1. The minimum Gasteiger partial charge on any atom is -0.360 e. The van der Waals surface area contributed by atoms with Gasteiger partial charge >= 0.3 is 0 Å². The molecule has 1 aliphatic carbocycles. The molecule has 0 bridgehead atoms. The van der Waals surface area contributed by atoms with E-state index in [1.165, 1.54) is 5.57 Å². The minimum atomic E-state index is -0.379. The number of rotatable bonds is 7. The first kappa shape index (κ1) is 25.4. The largest absolute Gasteiger partial charge is 0.360 e. The number of anilines is 1. The van der Waals surface area contributed by atoms with Gasteiger partial charge in [-0.25, -0.2) is 0 Å². The van der Waals surface area contributed by atoms with Crippen molar-refractivity contribution < 1.29 is 4.79 Å². The van der Waals surface area contributed by atoms with Gasteiger partial charge in [-0.15, -0.1) is 11.6 Å². The molecule has 1 aliphatic heterocycles. The Kier molecular flexibility index (Phi) is 8.20. The lowest BCUT2D eigenvalue weighted by Crippen LogP contribution is -2.52. The number of halogens is 4. The first-order chi connectivity index (χ1) is 16.4. The zero-order valence-electron chi connectivity index (χ0n) is 19.1. The van der Waals surface area contributed by atoms with Gasteiger partial charge in [-0.1, -0.05) is 70.7 Å². The number of benzene rings is 2. The van der Waals surface area contributed by atoms with Crippen molar-refractivity contribution in [2.45, 2.75) is 32.2 Å². The highest BCUT2D eigenvalue weighted by Gasteiger charge is 2.54. The molecule has 2 aromatic rings. The third kappa shape index (κ3) is 5.28. The average Bonchev–Trinajstić information content (AvgIpc) is 3.64. The molecule has 0 aromatic heterocycles. The summed E-state index contributed by atoms with van der Waals surface area (Å²) >= 11 is 24.7. The number of allylic oxidation sites excluding steroid dienone is 3. The first-order valence-corrected chi connectivity index (χ1v) is 13.2. The standard InChI is InChI=1S/C27H28Cl4N2O/c1-2-20(5-3-4-14-28)27(12-13-27)26(34)32-15-16-33(24-11-10-22(30)17-23(24)31)25(18-32)19-6-8-21(29)9-7-19/h2-4,6-11,17,25H,5,12-16,18H2,1H3/b4-3-,20-2+. The van der Waals surface area contributed by atoms with Crippen LogP contribution >= 0.6 is 46.4 Å². The molecule has 0 radical (unpaired) electrons. The van der Waals surface area contributed by atoms with Crippen molar-refractivity contribution in [2.24, 2.45) is 5.41 Å². The molecule has 2 fully saturated rings. The summed E-state index contributed by atoms with van der Waals surface area (Å²) in [5, 5.41) is 1.89. The van der Waals surface area contributed by atoms with Gasteiger partial charge in [0, 0.05) is 35.6 Å². The smallest absolute Gasteiger partial charge is 0.233 e. The highest BCUT2D eigenvalue weighted by molar-refractivity contribution is 6.36. The number of piperazine rings is 1. The van der Waals surface area contributed by atoms with Crippen LogP contribution in [-0.2, 0) is 4.79 Å². The molecule has 1 unspecified atom stereocenters. The van der Waals surface area contributed by atoms with E-state index in [1.54, 1.807) is 6.07 Å². The third-order valence-corrected chi connectivity index (χ3v) is 7.83. The Morgan fingerprint density at radius 1 is 1.03 bits per heavy atom. The van der Waals surface area contributed by atoms with Crippen LogP contribution in [0.15, 0.2) is 66.3 Å². The van der Waals surface area contributed by atoms with Crippen LogP contribution in [-0.4, -0.2) is 36.3 Å². The van der Waals surface area contributed by atoms with Gasteiger partial charge in [0.2, 0.25) is 5.91 Å². The molecule has 180 valence electrons. The van der Waals surface area contributed by atoms with Crippen LogP contribution in [0.25, 0.3) is 0 Å². The van der Waals surface area contributed by atoms with Crippen LogP contribution in [0, 0.1) is 5.41 Å². The lowest BCUT2D eigenvalue weighted by Gasteiger charge is -2.44. The van der Waals surface area contributed by atoms with Gasteiger partial charge in [-0.3, -0.25) is 4.79 Å². The van der Waals surface area contributed by atoms with E-state index in [4.69, 9.17) is 46.4 Å². The summed E-state index contributed by atoms with van der Waals surface area (Å²) in [4.78, 5) is 18.2. The van der Waals surface area contributed by atoms with Gasteiger partial charge in [-0.05, 0) is 62.1 Å². The SMILES string of the molecule is C/C=C(\C/C=C\CCl)C1(C(=O)N2CCN(c3ccc(Cl)cc3Cl)C(c3ccc(Cl)cc3)C2)CC1. The van der Waals surface area contributed by atoms with E-state index >= 15 is 0 Å². The Morgan fingerprint density at radius 2 is 1.74 bits per heavy atom. The van der Waals surface area contributed by atoms with Crippen molar-refractivity contribution in [1.82, 2.24) is 4.90 Å². The fraction of sp³-hybridized carbons (Fsp3) is 0.370. The molecular weight excluding hydrogens is 510 g/mol. The fourth-order valence-electron chi connectivity index (χ4n) is 4.90. The van der Waals surface area contributed by atoms with Gasteiger partial charge in [0.25, 0.3) is 0 Å². The van der Waals surface area contributed by atoms with Gasteiger partial charge in [0.15, 0.2) is 0 Å². The van der Waals surface area contributed by atoms with E-state index in [0.29, 0.717) is 40.6 Å². The van der Waals surface area contributed by atoms with Crippen molar-refractivity contribution in [2.75, 3.05) is 30.4 Å². The first-order valence-electron chi connectivity index (χ1n) is 11.5. The summed E-state index contributed by atoms with van der Waals surface area (Å²) in [7, 11) is 0. The lowest BCUT2D eigenvalue weighted by atomic mass is 9.90. The molecule has 2 aromatic carbocycles. The second kappa shape index (κ2) is 11.0. The van der Waals surface area contributed by atoms with Crippen LogP contribution in [0.1, 0.15) is 37.8 Å². The molecule has 2 aliphatic rings. The second-order valence-corrected chi connectivity index (χ2v) is 10.4. The van der Waals surface area contributed by atoms with Crippen molar-refractivity contribution in [3.05, 3.63) is 86.9 Å². The highest BCUT2D eigenvalue weighted by Crippen LogP contribution is 2.55. The summed E-state index contributed by atoms with van der Waals surface area (Å²) in [5.74, 6) is 0.705. The van der Waals surface area contributed by atoms with Crippen LogP contribution in [0.2, 0.25) is 15.1 Å². The van der Waals surface area contributed by atoms with Crippen molar-refractivity contribution in [3.8, 4) is 0 Å². The minimum absolute atomic E-state index is 0.0466. The number of alkyl halides is 1. The molecule has 0 spiro atoms. The van der Waals surface area contributed by atoms with Crippen LogP contribution in [0.5, 0.6) is 0 Å². The van der Waals surface area contributed by atoms with Crippen LogP contribution < -0.4 is 4.90 Å². The van der Waals surface area contributed by atoms with Gasteiger partial charge < -0.3 is 9.80 Å². The van der Waals surface area contributed by atoms with E-state index in [2.05, 4.69) is 17.1 Å². The fourth-order valence-corrected chi connectivity index (χ4v) is 5.67. The monoisotopic (exact) mass is 536 g/mol. The molecule has 1 heterocycles. The quantitative estimate of drug-likeness (QED) is 0.264. The zero-order valence-corrected chi connectivity index (χ0v) is 22.1. The van der Waals surface area contributed by atoms with E-state index in [9.17, 15) is 4.79 Å². The van der Waals surface area contributed by atoms with Gasteiger partial charge in [-0.2, -0.15) is 0 Å². The molecule has 34 heavy (non-hydrogen) atoms. The maximum absolute atomic E-state index is 13.9. The van der Waals surface area contributed by atoms with Crippen molar-refractivity contribution in [1.29, 1.82) is 0 Å². The predicted molar refractivity (Wildman–Crippen MR) is 144 cm³/mol. The molecule has 1 atom stereocenters. The van der Waals surface area contributed by atoms with Crippen LogP contribution in [0.3, 0.4) is 0 Å². The Morgan fingerprint density at radius 3 is 2.35 bits per heavy atom. The molecule has 1 saturated carbocycles. The van der Waals surface area contributed by atoms with E-state index < -0.39 is 0 Å². The highest BCUT2D eigenvalue weighted by atomic mass is 35.5. The van der Waals surface area contributed by atoms with Crippen molar-refractivity contribution >= 4 is 58.0 Å².